The number of piperidine rings is 1. The molecule has 3 heteroatoms. The van der Waals surface area contributed by atoms with Crippen LogP contribution in [0.25, 0.3) is 10.9 Å². The molecule has 0 aliphatic carbocycles. The fourth-order valence-corrected chi connectivity index (χ4v) is 3.45. The van der Waals surface area contributed by atoms with Gasteiger partial charge < -0.3 is 10.3 Å². The second-order valence-electron chi connectivity index (χ2n) is 5.26. The van der Waals surface area contributed by atoms with E-state index in [0.29, 0.717) is 12.1 Å². The van der Waals surface area contributed by atoms with Gasteiger partial charge >= 0.3 is 0 Å². The Hall–Kier alpha value is -1.35. The van der Waals surface area contributed by atoms with E-state index in [1.165, 1.54) is 36.6 Å². The number of aromatic amines is 1. The predicted octanol–water partition coefficient (Wildman–Crippen LogP) is 3.05. The molecule has 3 heterocycles. The van der Waals surface area contributed by atoms with Crippen LogP contribution in [0.5, 0.6) is 0 Å². The first-order chi connectivity index (χ1) is 8.31. The van der Waals surface area contributed by atoms with Crippen LogP contribution >= 0.6 is 0 Å². The summed E-state index contributed by atoms with van der Waals surface area (Å²) >= 11 is 0. The van der Waals surface area contributed by atoms with Crippen molar-refractivity contribution >= 4 is 10.9 Å². The molecule has 0 amide bonds. The van der Waals surface area contributed by atoms with Crippen LogP contribution in [0.15, 0.2) is 18.2 Å². The molecular weight excluding hydrogens is 215 g/mol. The van der Waals surface area contributed by atoms with Gasteiger partial charge in [0.05, 0.1) is 0 Å². The number of rotatable bonds is 0. The van der Waals surface area contributed by atoms with Crippen molar-refractivity contribution < 1.29 is 4.39 Å². The summed E-state index contributed by atoms with van der Waals surface area (Å²) in [6.07, 6.45) is 4.78. The third-order valence-corrected chi connectivity index (χ3v) is 4.16. The van der Waals surface area contributed by atoms with E-state index < -0.39 is 0 Å². The molecule has 1 aromatic carbocycles. The van der Waals surface area contributed by atoms with Gasteiger partial charge in [-0.05, 0) is 43.0 Å². The summed E-state index contributed by atoms with van der Waals surface area (Å²) in [5.74, 6) is -0.141. The van der Waals surface area contributed by atoms with Gasteiger partial charge in [0.25, 0.3) is 0 Å². The van der Waals surface area contributed by atoms with Crippen LogP contribution in [-0.2, 0) is 6.42 Å². The highest BCUT2D eigenvalue weighted by atomic mass is 19.1. The lowest BCUT2D eigenvalue weighted by Gasteiger charge is -2.36. The molecule has 2 aliphatic heterocycles. The van der Waals surface area contributed by atoms with Crippen molar-refractivity contribution in [1.82, 2.24) is 10.3 Å². The molecule has 2 bridgehead atoms. The number of nitrogens with one attached hydrogen (secondary N) is 2. The zero-order valence-electron chi connectivity index (χ0n) is 9.59. The van der Waals surface area contributed by atoms with Crippen molar-refractivity contribution in [2.75, 3.05) is 0 Å². The van der Waals surface area contributed by atoms with E-state index in [9.17, 15) is 4.39 Å². The molecule has 0 spiro atoms. The average Bonchev–Trinajstić information content (AvgIpc) is 2.66. The second-order valence-corrected chi connectivity index (χ2v) is 5.26. The molecule has 0 saturated carbocycles. The van der Waals surface area contributed by atoms with E-state index in [2.05, 4.69) is 10.3 Å². The van der Waals surface area contributed by atoms with Gasteiger partial charge in [-0.15, -0.1) is 0 Å². The summed E-state index contributed by atoms with van der Waals surface area (Å²) in [4.78, 5) is 3.47. The Kier molecular flexibility index (Phi) is 1.89. The van der Waals surface area contributed by atoms with E-state index in [4.69, 9.17) is 0 Å². The maximum Gasteiger partial charge on any atom is 0.123 e. The predicted molar refractivity (Wildman–Crippen MR) is 65.5 cm³/mol. The molecule has 2 aromatic rings. The molecule has 2 nitrogen and oxygen atoms in total. The van der Waals surface area contributed by atoms with E-state index in [1.807, 2.05) is 6.07 Å². The monoisotopic (exact) mass is 230 g/mol. The molecule has 88 valence electrons. The quantitative estimate of drug-likeness (QED) is 0.715. The minimum atomic E-state index is -0.141. The highest BCUT2D eigenvalue weighted by Crippen LogP contribution is 2.38. The molecule has 17 heavy (non-hydrogen) atoms. The summed E-state index contributed by atoms with van der Waals surface area (Å²) in [6.45, 7) is 0. The fraction of sp³-hybridized carbons (Fsp3) is 0.429. The Morgan fingerprint density at radius 1 is 1.24 bits per heavy atom. The number of H-pyrrole nitrogens is 1. The van der Waals surface area contributed by atoms with Gasteiger partial charge in [-0.25, -0.2) is 4.39 Å². The van der Waals surface area contributed by atoms with Crippen molar-refractivity contribution in [3.8, 4) is 0 Å². The van der Waals surface area contributed by atoms with Gasteiger partial charge in [0, 0.05) is 35.1 Å². The van der Waals surface area contributed by atoms with Crippen LogP contribution in [0.3, 0.4) is 0 Å². The lowest BCUT2D eigenvalue weighted by Crippen LogP contribution is -2.42. The van der Waals surface area contributed by atoms with Crippen LogP contribution in [0.4, 0.5) is 4.39 Å². The number of hydrogen-bond acceptors (Lipinski definition) is 1. The van der Waals surface area contributed by atoms with Crippen LogP contribution < -0.4 is 5.32 Å². The first-order valence-electron chi connectivity index (χ1n) is 6.37. The van der Waals surface area contributed by atoms with Crippen molar-refractivity contribution in [3.63, 3.8) is 0 Å². The van der Waals surface area contributed by atoms with Crippen LogP contribution in [0, 0.1) is 5.82 Å². The van der Waals surface area contributed by atoms with Gasteiger partial charge in [0.1, 0.15) is 5.82 Å². The van der Waals surface area contributed by atoms with Crippen LogP contribution in [0.2, 0.25) is 0 Å². The zero-order valence-corrected chi connectivity index (χ0v) is 9.59. The molecule has 1 saturated heterocycles. The minimum Gasteiger partial charge on any atom is -0.358 e. The van der Waals surface area contributed by atoms with Gasteiger partial charge in [0.2, 0.25) is 0 Å². The van der Waals surface area contributed by atoms with E-state index in [1.54, 1.807) is 6.07 Å². The highest BCUT2D eigenvalue weighted by Gasteiger charge is 2.32. The molecule has 2 N–H and O–H groups in total. The standard InChI is InChI=1S/C14H15FN2/c15-8-4-5-11-10(6-8)14-12-3-1-2-9(16-12)7-13(14)17-11/h4-6,9,12,16-17H,1-3,7H2. The van der Waals surface area contributed by atoms with E-state index in [-0.39, 0.29) is 5.82 Å². The third kappa shape index (κ3) is 1.35. The summed E-state index contributed by atoms with van der Waals surface area (Å²) in [5, 5.41) is 4.73. The Balaban J connectivity index is 1.98. The number of fused-ring (bicyclic) bond motifs is 6. The number of aromatic nitrogens is 1. The summed E-state index contributed by atoms with van der Waals surface area (Å²) in [7, 11) is 0. The Bertz CT molecular complexity index is 587. The molecule has 1 fully saturated rings. The van der Waals surface area contributed by atoms with Gasteiger partial charge in [-0.3, -0.25) is 0 Å². The normalized spacial score (nSPS) is 27.1. The number of benzene rings is 1. The molecule has 2 aliphatic rings. The fourth-order valence-electron chi connectivity index (χ4n) is 3.45. The van der Waals surface area contributed by atoms with Crippen molar-refractivity contribution in [3.05, 3.63) is 35.3 Å². The number of halogens is 1. The third-order valence-electron chi connectivity index (χ3n) is 4.16. The maximum atomic E-state index is 13.4. The molecule has 4 rings (SSSR count). The Morgan fingerprint density at radius 3 is 3.12 bits per heavy atom. The average molecular weight is 230 g/mol. The van der Waals surface area contributed by atoms with E-state index >= 15 is 0 Å². The van der Waals surface area contributed by atoms with Crippen molar-refractivity contribution in [2.24, 2.45) is 0 Å². The minimum absolute atomic E-state index is 0.141. The zero-order chi connectivity index (χ0) is 11.4. The summed E-state index contributed by atoms with van der Waals surface area (Å²) in [5.41, 5.74) is 3.71. The second kappa shape index (κ2) is 3.33. The Morgan fingerprint density at radius 2 is 2.18 bits per heavy atom. The summed E-state index contributed by atoms with van der Waals surface area (Å²) < 4.78 is 13.4. The molecule has 2 unspecified atom stereocenters. The lowest BCUT2D eigenvalue weighted by molar-refractivity contribution is 0.302. The molecule has 0 radical (unpaired) electrons. The van der Waals surface area contributed by atoms with Crippen LogP contribution in [0.1, 0.15) is 36.6 Å². The van der Waals surface area contributed by atoms with Gasteiger partial charge in [0.15, 0.2) is 0 Å². The highest BCUT2D eigenvalue weighted by molar-refractivity contribution is 5.85. The molecular formula is C14H15FN2. The number of hydrogen-bond donors (Lipinski definition) is 2. The SMILES string of the molecule is Fc1ccc2[nH]c3c(c2c1)C1CCCC(C3)N1. The van der Waals surface area contributed by atoms with Crippen molar-refractivity contribution in [1.29, 1.82) is 0 Å². The smallest absolute Gasteiger partial charge is 0.123 e. The topological polar surface area (TPSA) is 27.8 Å². The summed E-state index contributed by atoms with van der Waals surface area (Å²) in [6, 6.07) is 6.09. The van der Waals surface area contributed by atoms with Crippen LogP contribution in [-0.4, -0.2) is 11.0 Å². The van der Waals surface area contributed by atoms with E-state index in [0.717, 1.165) is 17.3 Å². The lowest BCUT2D eigenvalue weighted by atomic mass is 9.84. The molecule has 1 aromatic heterocycles. The largest absolute Gasteiger partial charge is 0.358 e. The first kappa shape index (κ1) is 9.66. The molecule has 2 atom stereocenters. The van der Waals surface area contributed by atoms with Crippen molar-refractivity contribution in [2.45, 2.75) is 37.8 Å². The van der Waals surface area contributed by atoms with Gasteiger partial charge in [-0.2, -0.15) is 0 Å². The van der Waals surface area contributed by atoms with Gasteiger partial charge in [-0.1, -0.05) is 0 Å². The maximum absolute atomic E-state index is 13.4. The first-order valence-corrected chi connectivity index (χ1v) is 6.37. The Labute approximate surface area is 99.2 Å².